The highest BCUT2D eigenvalue weighted by Crippen LogP contribution is 2.20. The molecule has 1 heterocycles. The number of hydrogen-bond donors (Lipinski definition) is 2. The van der Waals surface area contributed by atoms with Crippen LogP contribution in [0.4, 0.5) is 8.78 Å². The van der Waals surface area contributed by atoms with Gasteiger partial charge in [-0.15, -0.1) is 5.10 Å². The van der Waals surface area contributed by atoms with Gasteiger partial charge < -0.3 is 11.5 Å². The molecule has 102 valence electrons. The molecule has 0 saturated heterocycles. The molecule has 0 bridgehead atoms. The Kier molecular flexibility index (Phi) is 3.99. The Morgan fingerprint density at radius 3 is 2.50 bits per heavy atom. The van der Waals surface area contributed by atoms with E-state index in [4.69, 9.17) is 11.5 Å². The van der Waals surface area contributed by atoms with Crippen LogP contribution in [0.1, 0.15) is 5.56 Å². The van der Waals surface area contributed by atoms with E-state index < -0.39 is 11.8 Å². The van der Waals surface area contributed by atoms with Crippen molar-refractivity contribution in [3.63, 3.8) is 0 Å². The Morgan fingerprint density at radius 1 is 1.10 bits per heavy atom. The second-order valence-electron chi connectivity index (χ2n) is 3.88. The second kappa shape index (κ2) is 5.87. The topological polar surface area (TPSA) is 89.7 Å². The number of rotatable bonds is 3. The summed E-state index contributed by atoms with van der Waals surface area (Å²) in [6, 6.07) is 7.14. The average Bonchev–Trinajstić information content (AvgIpc) is 2.41. The third-order valence-electron chi connectivity index (χ3n) is 2.43. The van der Waals surface area contributed by atoms with Crippen molar-refractivity contribution < 1.29 is 8.78 Å². The van der Waals surface area contributed by atoms with Gasteiger partial charge in [-0.1, -0.05) is 6.07 Å². The van der Waals surface area contributed by atoms with Crippen molar-refractivity contribution in [2.75, 3.05) is 0 Å². The first-order valence-corrected chi connectivity index (χ1v) is 5.59. The van der Waals surface area contributed by atoms with Crippen LogP contribution in [0.2, 0.25) is 0 Å². The van der Waals surface area contributed by atoms with E-state index in [1.54, 1.807) is 12.1 Å². The Morgan fingerprint density at radius 2 is 1.85 bits per heavy atom. The van der Waals surface area contributed by atoms with Crippen molar-refractivity contribution >= 4 is 12.2 Å². The number of nitrogens with two attached hydrogens (primary N) is 2. The Balaban J connectivity index is 2.35. The monoisotopic (exact) mass is 275 g/mol. The van der Waals surface area contributed by atoms with E-state index in [1.165, 1.54) is 30.6 Å². The Bertz CT molecular complexity index is 661. The molecule has 2 rings (SSSR count). The van der Waals surface area contributed by atoms with E-state index in [9.17, 15) is 8.78 Å². The molecule has 0 aliphatic heterocycles. The first-order chi connectivity index (χ1) is 9.56. The summed E-state index contributed by atoms with van der Waals surface area (Å²) < 4.78 is 26.4. The normalized spacial score (nSPS) is 10.7. The lowest BCUT2D eigenvalue weighted by molar-refractivity contribution is 0.584. The number of benzene rings is 1. The quantitative estimate of drug-likeness (QED) is 0.386. The van der Waals surface area contributed by atoms with Gasteiger partial charge in [0.05, 0.1) is 6.21 Å². The Hall–Kier alpha value is -2.83. The number of hydrogen-bond acceptors (Lipinski definition) is 3. The number of nitrogens with zero attached hydrogens (tertiary/aromatic N) is 3. The summed E-state index contributed by atoms with van der Waals surface area (Å²) in [7, 11) is 0. The lowest BCUT2D eigenvalue weighted by atomic mass is 10.0. The number of pyridine rings is 1. The largest absolute Gasteiger partial charge is 0.369 e. The van der Waals surface area contributed by atoms with Gasteiger partial charge in [-0.3, -0.25) is 0 Å². The van der Waals surface area contributed by atoms with Gasteiger partial charge in [-0.05, 0) is 29.8 Å². The van der Waals surface area contributed by atoms with Gasteiger partial charge >= 0.3 is 0 Å². The Labute approximate surface area is 113 Å². The van der Waals surface area contributed by atoms with Crippen LogP contribution in [0.3, 0.4) is 0 Å². The second-order valence-corrected chi connectivity index (χ2v) is 3.88. The minimum Gasteiger partial charge on any atom is -0.369 e. The van der Waals surface area contributed by atoms with E-state index in [-0.39, 0.29) is 11.5 Å². The van der Waals surface area contributed by atoms with Crippen molar-refractivity contribution in [2.45, 2.75) is 0 Å². The van der Waals surface area contributed by atoms with Gasteiger partial charge in [0.25, 0.3) is 0 Å². The van der Waals surface area contributed by atoms with Gasteiger partial charge in [0.2, 0.25) is 11.9 Å². The first-order valence-electron chi connectivity index (χ1n) is 5.59. The van der Waals surface area contributed by atoms with Crippen LogP contribution in [-0.4, -0.2) is 17.2 Å². The van der Waals surface area contributed by atoms with Crippen LogP contribution in [0.5, 0.6) is 0 Å². The molecule has 0 amide bonds. The highest BCUT2D eigenvalue weighted by Gasteiger charge is 2.04. The molecule has 0 spiro atoms. The predicted molar refractivity (Wildman–Crippen MR) is 73.0 cm³/mol. The molecule has 0 atom stereocenters. The summed E-state index contributed by atoms with van der Waals surface area (Å²) in [4.78, 5) is 3.54. The molecule has 7 heteroatoms. The number of halogens is 2. The van der Waals surface area contributed by atoms with Crippen molar-refractivity contribution in [1.29, 1.82) is 0 Å². The van der Waals surface area contributed by atoms with Crippen LogP contribution < -0.4 is 11.5 Å². The molecule has 0 saturated carbocycles. The van der Waals surface area contributed by atoms with Gasteiger partial charge in [0.1, 0.15) is 5.82 Å². The standard InChI is InChI=1S/C13H11F2N5/c14-11-3-1-8(9-2-4-12(15)18-6-9)5-10(11)7-19-20-13(16)17/h1-7H,(H4,16,17,20). The third kappa shape index (κ3) is 3.35. The highest BCUT2D eigenvalue weighted by atomic mass is 19.1. The summed E-state index contributed by atoms with van der Waals surface area (Å²) in [6.07, 6.45) is 2.55. The maximum Gasteiger partial charge on any atom is 0.212 e. The highest BCUT2D eigenvalue weighted by molar-refractivity contribution is 5.84. The number of guanidine groups is 1. The fourth-order valence-electron chi connectivity index (χ4n) is 1.53. The molecule has 0 aliphatic carbocycles. The molecule has 20 heavy (non-hydrogen) atoms. The van der Waals surface area contributed by atoms with Gasteiger partial charge in [0, 0.05) is 17.3 Å². The summed E-state index contributed by atoms with van der Waals surface area (Å²) in [5.74, 6) is -1.27. The summed E-state index contributed by atoms with van der Waals surface area (Å²) in [6.45, 7) is 0. The average molecular weight is 275 g/mol. The molecule has 1 aromatic heterocycles. The van der Waals surface area contributed by atoms with E-state index in [0.717, 1.165) is 0 Å². The maximum absolute atomic E-state index is 13.6. The first kappa shape index (κ1) is 13.6. The van der Waals surface area contributed by atoms with Crippen molar-refractivity contribution in [3.05, 3.63) is 53.9 Å². The zero-order valence-electron chi connectivity index (χ0n) is 10.3. The van der Waals surface area contributed by atoms with E-state index in [1.807, 2.05) is 0 Å². The predicted octanol–water partition coefficient (Wildman–Crippen LogP) is 1.63. The fraction of sp³-hybridized carbons (Fsp3) is 0. The van der Waals surface area contributed by atoms with E-state index in [2.05, 4.69) is 15.2 Å². The molecule has 0 radical (unpaired) electrons. The van der Waals surface area contributed by atoms with E-state index >= 15 is 0 Å². The molecule has 1 aromatic carbocycles. The molecule has 0 aliphatic rings. The van der Waals surface area contributed by atoms with Crippen LogP contribution in [-0.2, 0) is 0 Å². The van der Waals surface area contributed by atoms with Crippen LogP contribution >= 0.6 is 0 Å². The van der Waals surface area contributed by atoms with Crippen LogP contribution in [0.25, 0.3) is 11.1 Å². The lowest BCUT2D eigenvalue weighted by Crippen LogP contribution is -2.21. The fourth-order valence-corrected chi connectivity index (χ4v) is 1.53. The molecule has 4 N–H and O–H groups in total. The smallest absolute Gasteiger partial charge is 0.212 e. The molecular formula is C13H11F2N5. The lowest BCUT2D eigenvalue weighted by Gasteiger charge is -2.03. The molecule has 2 aromatic rings. The summed E-state index contributed by atoms with van der Waals surface area (Å²) >= 11 is 0. The van der Waals surface area contributed by atoms with Crippen molar-refractivity contribution in [2.24, 2.45) is 21.7 Å². The maximum atomic E-state index is 13.6. The molecule has 5 nitrogen and oxygen atoms in total. The van der Waals surface area contributed by atoms with Crippen molar-refractivity contribution in [1.82, 2.24) is 4.98 Å². The van der Waals surface area contributed by atoms with Gasteiger partial charge in [-0.2, -0.15) is 9.49 Å². The third-order valence-corrected chi connectivity index (χ3v) is 2.43. The van der Waals surface area contributed by atoms with Gasteiger partial charge in [0.15, 0.2) is 0 Å². The zero-order chi connectivity index (χ0) is 14.5. The van der Waals surface area contributed by atoms with Crippen LogP contribution in [0.15, 0.2) is 46.7 Å². The SMILES string of the molecule is NC(N)=NN=Cc1cc(-c2ccc(F)nc2)ccc1F. The summed E-state index contributed by atoms with van der Waals surface area (Å²) in [5.41, 5.74) is 11.7. The van der Waals surface area contributed by atoms with E-state index in [0.29, 0.717) is 11.1 Å². The van der Waals surface area contributed by atoms with Crippen LogP contribution in [0, 0.1) is 11.8 Å². The minimum absolute atomic E-state index is 0.205. The van der Waals surface area contributed by atoms with Crippen molar-refractivity contribution in [3.8, 4) is 11.1 Å². The minimum atomic E-state index is -0.578. The number of aromatic nitrogens is 1. The zero-order valence-corrected chi connectivity index (χ0v) is 10.3. The molecular weight excluding hydrogens is 264 g/mol. The molecule has 0 fully saturated rings. The van der Waals surface area contributed by atoms with Gasteiger partial charge in [-0.25, -0.2) is 9.37 Å². The molecule has 0 unspecified atom stereocenters. The summed E-state index contributed by atoms with van der Waals surface area (Å²) in [5, 5.41) is 6.94.